The highest BCUT2D eigenvalue weighted by Gasteiger charge is 2.21. The Kier molecular flexibility index (Phi) is 4.71. The monoisotopic (exact) mass is 313 g/mol. The van der Waals surface area contributed by atoms with Gasteiger partial charge < -0.3 is 10.2 Å². The van der Waals surface area contributed by atoms with E-state index in [1.807, 2.05) is 20.2 Å². The van der Waals surface area contributed by atoms with Crippen LogP contribution in [0.5, 0.6) is 0 Å². The van der Waals surface area contributed by atoms with Crippen molar-refractivity contribution in [2.45, 2.75) is 19.4 Å². The fourth-order valence-electron chi connectivity index (χ4n) is 1.24. The first-order valence-corrected chi connectivity index (χ1v) is 6.38. The molecule has 0 aliphatic carbocycles. The van der Waals surface area contributed by atoms with E-state index in [4.69, 9.17) is 5.26 Å². The molecule has 0 saturated carbocycles. The lowest BCUT2D eigenvalue weighted by atomic mass is 10.0. The predicted octanol–water partition coefficient (Wildman–Crippen LogP) is 3.21. The SMILES string of the molecule is CN(C)C(C)(C)CNc1ccc(C#N)c(Br)c1F. The van der Waals surface area contributed by atoms with Crippen molar-refractivity contribution in [1.82, 2.24) is 4.90 Å². The second kappa shape index (κ2) is 5.68. The van der Waals surface area contributed by atoms with Gasteiger partial charge >= 0.3 is 0 Å². The van der Waals surface area contributed by atoms with Crippen LogP contribution >= 0.6 is 15.9 Å². The molecule has 0 aliphatic heterocycles. The molecular weight excluding hydrogens is 297 g/mol. The molecule has 5 heteroatoms. The van der Waals surface area contributed by atoms with Gasteiger partial charge in [0.2, 0.25) is 0 Å². The molecule has 0 saturated heterocycles. The molecule has 1 rings (SSSR count). The summed E-state index contributed by atoms with van der Waals surface area (Å²) in [7, 11) is 3.96. The average Bonchev–Trinajstić information content (AvgIpc) is 2.31. The van der Waals surface area contributed by atoms with Gasteiger partial charge in [-0.3, -0.25) is 0 Å². The van der Waals surface area contributed by atoms with Crippen LogP contribution in [0.2, 0.25) is 0 Å². The number of anilines is 1. The first-order chi connectivity index (χ1) is 8.29. The van der Waals surface area contributed by atoms with Gasteiger partial charge in [0.15, 0.2) is 5.82 Å². The molecule has 0 bridgehead atoms. The molecule has 1 aromatic carbocycles. The highest BCUT2D eigenvalue weighted by atomic mass is 79.9. The molecule has 0 amide bonds. The first kappa shape index (κ1) is 14.9. The maximum Gasteiger partial charge on any atom is 0.161 e. The van der Waals surface area contributed by atoms with Crippen LogP contribution in [0.3, 0.4) is 0 Å². The van der Waals surface area contributed by atoms with Gasteiger partial charge in [-0.2, -0.15) is 5.26 Å². The van der Waals surface area contributed by atoms with Crippen LogP contribution in [0.1, 0.15) is 19.4 Å². The van der Waals surface area contributed by atoms with E-state index in [0.29, 0.717) is 17.8 Å². The van der Waals surface area contributed by atoms with E-state index in [1.54, 1.807) is 12.1 Å². The zero-order valence-electron chi connectivity index (χ0n) is 11.0. The maximum atomic E-state index is 14.0. The first-order valence-electron chi connectivity index (χ1n) is 5.59. The van der Waals surface area contributed by atoms with Crippen molar-refractivity contribution in [3.05, 3.63) is 28.0 Å². The van der Waals surface area contributed by atoms with Crippen molar-refractivity contribution in [3.63, 3.8) is 0 Å². The van der Waals surface area contributed by atoms with Crippen molar-refractivity contribution >= 4 is 21.6 Å². The molecule has 18 heavy (non-hydrogen) atoms. The van der Waals surface area contributed by atoms with Crippen molar-refractivity contribution < 1.29 is 4.39 Å². The van der Waals surface area contributed by atoms with Crippen LogP contribution in [0.4, 0.5) is 10.1 Å². The molecule has 1 aromatic rings. The van der Waals surface area contributed by atoms with Crippen LogP contribution < -0.4 is 5.32 Å². The molecule has 98 valence electrons. The van der Waals surface area contributed by atoms with Gasteiger partial charge in [0.1, 0.15) is 6.07 Å². The quantitative estimate of drug-likeness (QED) is 0.927. The van der Waals surface area contributed by atoms with E-state index >= 15 is 0 Å². The summed E-state index contributed by atoms with van der Waals surface area (Å²) >= 11 is 3.09. The fourth-order valence-corrected chi connectivity index (χ4v) is 1.68. The summed E-state index contributed by atoms with van der Waals surface area (Å²) in [6.07, 6.45) is 0. The minimum absolute atomic E-state index is 0.0905. The number of halogens is 2. The topological polar surface area (TPSA) is 39.1 Å². The highest BCUT2D eigenvalue weighted by molar-refractivity contribution is 9.10. The molecular formula is C13H17BrFN3. The van der Waals surface area contributed by atoms with Gasteiger partial charge in [-0.1, -0.05) is 0 Å². The van der Waals surface area contributed by atoms with E-state index < -0.39 is 5.82 Å². The molecule has 0 aromatic heterocycles. The van der Waals surface area contributed by atoms with Gasteiger partial charge in [-0.05, 0) is 56.0 Å². The molecule has 0 spiro atoms. The zero-order chi connectivity index (χ0) is 13.9. The van der Waals surface area contributed by atoms with Crippen LogP contribution in [0, 0.1) is 17.1 Å². The van der Waals surface area contributed by atoms with Crippen LogP contribution in [0.15, 0.2) is 16.6 Å². The van der Waals surface area contributed by atoms with Crippen LogP contribution in [0.25, 0.3) is 0 Å². The number of nitriles is 1. The van der Waals surface area contributed by atoms with E-state index in [9.17, 15) is 4.39 Å². The summed E-state index contributed by atoms with van der Waals surface area (Å²) in [6.45, 7) is 4.74. The van der Waals surface area contributed by atoms with Gasteiger partial charge in [0.05, 0.1) is 15.7 Å². The summed E-state index contributed by atoms with van der Waals surface area (Å²) in [6, 6.07) is 5.11. The third-order valence-corrected chi connectivity index (χ3v) is 3.90. The lowest BCUT2D eigenvalue weighted by Crippen LogP contribution is -2.44. The highest BCUT2D eigenvalue weighted by Crippen LogP contribution is 2.27. The number of hydrogen-bond donors (Lipinski definition) is 1. The van der Waals surface area contributed by atoms with Gasteiger partial charge in [0, 0.05) is 12.1 Å². The third-order valence-electron chi connectivity index (χ3n) is 3.12. The molecule has 0 aliphatic rings. The van der Waals surface area contributed by atoms with Crippen molar-refractivity contribution in [2.75, 3.05) is 26.0 Å². The lowest BCUT2D eigenvalue weighted by Gasteiger charge is -2.33. The maximum absolute atomic E-state index is 14.0. The Labute approximate surface area is 116 Å². The summed E-state index contributed by atoms with van der Waals surface area (Å²) in [5, 5.41) is 11.9. The number of likely N-dealkylation sites (N-methyl/N-ethyl adjacent to an activating group) is 1. The Morgan fingerprint density at radius 1 is 1.44 bits per heavy atom. The smallest absolute Gasteiger partial charge is 0.161 e. The Balaban J connectivity index is 2.88. The predicted molar refractivity (Wildman–Crippen MR) is 75.1 cm³/mol. The number of rotatable bonds is 4. The van der Waals surface area contributed by atoms with Crippen molar-refractivity contribution in [1.29, 1.82) is 5.26 Å². The largest absolute Gasteiger partial charge is 0.381 e. The second-order valence-electron chi connectivity index (χ2n) is 4.96. The van der Waals surface area contributed by atoms with E-state index in [1.165, 1.54) is 0 Å². The molecule has 0 heterocycles. The Hall–Kier alpha value is -1.12. The van der Waals surface area contributed by atoms with Crippen molar-refractivity contribution in [3.8, 4) is 6.07 Å². The van der Waals surface area contributed by atoms with E-state index in [0.717, 1.165) is 0 Å². The van der Waals surface area contributed by atoms with E-state index in [-0.39, 0.29) is 10.0 Å². The summed E-state index contributed by atoms with van der Waals surface area (Å²) in [5.41, 5.74) is 0.605. The van der Waals surface area contributed by atoms with Gasteiger partial charge in [-0.25, -0.2) is 4.39 Å². The summed E-state index contributed by atoms with van der Waals surface area (Å²) < 4.78 is 14.2. The molecule has 0 atom stereocenters. The Morgan fingerprint density at radius 3 is 2.56 bits per heavy atom. The molecule has 0 unspecified atom stereocenters. The number of benzene rings is 1. The summed E-state index contributed by atoms with van der Waals surface area (Å²) in [5.74, 6) is -0.427. The van der Waals surface area contributed by atoms with Gasteiger partial charge in [0.25, 0.3) is 0 Å². The minimum Gasteiger partial charge on any atom is -0.381 e. The zero-order valence-corrected chi connectivity index (χ0v) is 12.6. The minimum atomic E-state index is -0.427. The lowest BCUT2D eigenvalue weighted by molar-refractivity contribution is 0.210. The number of nitrogens with one attached hydrogen (secondary N) is 1. The Bertz CT molecular complexity index is 478. The van der Waals surface area contributed by atoms with Gasteiger partial charge in [-0.15, -0.1) is 0 Å². The normalized spacial score (nSPS) is 11.4. The number of hydrogen-bond acceptors (Lipinski definition) is 3. The van der Waals surface area contributed by atoms with Crippen LogP contribution in [-0.4, -0.2) is 31.1 Å². The van der Waals surface area contributed by atoms with Crippen molar-refractivity contribution in [2.24, 2.45) is 0 Å². The molecule has 1 N–H and O–H groups in total. The summed E-state index contributed by atoms with van der Waals surface area (Å²) in [4.78, 5) is 2.07. The standard InChI is InChI=1S/C13H17BrFN3/c1-13(2,18(3)4)8-17-10-6-5-9(7-16)11(14)12(10)15/h5-6,17H,8H2,1-4H3. The third kappa shape index (κ3) is 3.21. The molecule has 0 fully saturated rings. The van der Waals surface area contributed by atoms with Crippen LogP contribution in [-0.2, 0) is 0 Å². The Morgan fingerprint density at radius 2 is 2.06 bits per heavy atom. The average molecular weight is 314 g/mol. The second-order valence-corrected chi connectivity index (χ2v) is 5.75. The molecule has 3 nitrogen and oxygen atoms in total. The molecule has 0 radical (unpaired) electrons. The fraction of sp³-hybridized carbons (Fsp3) is 0.462. The number of nitrogens with zero attached hydrogens (tertiary/aromatic N) is 2. The van der Waals surface area contributed by atoms with E-state index in [2.05, 4.69) is 40.0 Å².